The Balaban J connectivity index is 2.14. The monoisotopic (exact) mass is 376 g/mol. The average molecular weight is 377 g/mol. The summed E-state index contributed by atoms with van der Waals surface area (Å²) in [6.07, 6.45) is -3.05. The van der Waals surface area contributed by atoms with Crippen LogP contribution >= 0.6 is 11.6 Å². The molecule has 1 atom stereocenters. The molecule has 2 amide bonds. The van der Waals surface area contributed by atoms with Crippen LogP contribution in [0, 0.1) is 5.41 Å². The Hall–Kier alpha value is -1.47. The zero-order chi connectivity index (χ0) is 18.5. The second-order valence-electron chi connectivity index (χ2n) is 7.06. The highest BCUT2D eigenvalue weighted by atomic mass is 35.5. The third kappa shape index (κ3) is 3.31. The molecule has 1 aliphatic carbocycles. The van der Waals surface area contributed by atoms with Gasteiger partial charge in [-0.15, -0.1) is 0 Å². The molecule has 0 aromatic heterocycles. The van der Waals surface area contributed by atoms with Gasteiger partial charge in [-0.1, -0.05) is 18.5 Å². The molecule has 3 rings (SSSR count). The third-order valence-electron chi connectivity index (χ3n) is 4.97. The van der Waals surface area contributed by atoms with E-state index in [-0.39, 0.29) is 34.8 Å². The van der Waals surface area contributed by atoms with Crippen LogP contribution in [0.1, 0.15) is 32.3 Å². The van der Waals surface area contributed by atoms with Crippen LogP contribution in [-0.4, -0.2) is 36.8 Å². The first-order valence-corrected chi connectivity index (χ1v) is 8.55. The van der Waals surface area contributed by atoms with Crippen molar-refractivity contribution in [1.29, 1.82) is 0 Å². The van der Waals surface area contributed by atoms with Gasteiger partial charge >= 0.3 is 12.2 Å². The molecular weight excluding hydrogens is 357 g/mol. The Kier molecular flexibility index (Phi) is 4.44. The maximum atomic E-state index is 14.3. The fraction of sp³-hybridized carbons (Fsp3) is 0.588. The molecule has 1 aromatic carbocycles. The SMILES string of the molecule is CCN1C[C@](OCC2(C)CC2)(C(F)(F)F)c2cc(Cl)ccc2NC1=O. The number of ether oxygens (including phenoxy) is 1. The number of carbonyl (C=O) groups excluding carboxylic acids is 1. The van der Waals surface area contributed by atoms with Gasteiger partial charge in [0.1, 0.15) is 0 Å². The Morgan fingerprint density at radius 1 is 1.36 bits per heavy atom. The first-order valence-electron chi connectivity index (χ1n) is 8.17. The summed E-state index contributed by atoms with van der Waals surface area (Å²) in [6, 6.07) is 3.49. The summed E-state index contributed by atoms with van der Waals surface area (Å²) in [4.78, 5) is 13.4. The molecule has 0 unspecified atom stereocenters. The van der Waals surface area contributed by atoms with E-state index >= 15 is 0 Å². The fourth-order valence-corrected chi connectivity index (χ4v) is 3.11. The van der Waals surface area contributed by atoms with Gasteiger partial charge in [-0.2, -0.15) is 13.2 Å². The summed E-state index contributed by atoms with van der Waals surface area (Å²) in [6.45, 7) is 3.03. The van der Waals surface area contributed by atoms with E-state index in [0.29, 0.717) is 0 Å². The molecule has 138 valence electrons. The predicted molar refractivity (Wildman–Crippen MR) is 88.7 cm³/mol. The van der Waals surface area contributed by atoms with E-state index in [1.54, 1.807) is 6.92 Å². The summed E-state index contributed by atoms with van der Waals surface area (Å²) in [5.74, 6) is 0. The van der Waals surface area contributed by atoms with E-state index in [1.165, 1.54) is 18.2 Å². The van der Waals surface area contributed by atoms with E-state index in [4.69, 9.17) is 16.3 Å². The minimum absolute atomic E-state index is 0.0236. The zero-order valence-corrected chi connectivity index (χ0v) is 14.8. The number of anilines is 1. The number of rotatable bonds is 4. The van der Waals surface area contributed by atoms with Crippen LogP contribution in [0.3, 0.4) is 0 Å². The highest BCUT2D eigenvalue weighted by molar-refractivity contribution is 6.30. The number of fused-ring (bicyclic) bond motifs is 1. The van der Waals surface area contributed by atoms with Gasteiger partial charge < -0.3 is 15.0 Å². The van der Waals surface area contributed by atoms with Crippen LogP contribution < -0.4 is 5.32 Å². The van der Waals surface area contributed by atoms with Crippen molar-refractivity contribution in [3.8, 4) is 0 Å². The Bertz CT molecular complexity index is 691. The second-order valence-corrected chi connectivity index (χ2v) is 7.49. The normalized spacial score (nSPS) is 25.2. The Labute approximate surface area is 149 Å². The molecule has 1 N–H and O–H groups in total. The highest BCUT2D eigenvalue weighted by Gasteiger charge is 2.61. The number of hydrogen-bond acceptors (Lipinski definition) is 2. The molecule has 2 aliphatic rings. The lowest BCUT2D eigenvalue weighted by molar-refractivity contribution is -0.290. The second kappa shape index (κ2) is 6.06. The molecule has 0 bridgehead atoms. The molecule has 4 nitrogen and oxygen atoms in total. The van der Waals surface area contributed by atoms with Gasteiger partial charge in [0.15, 0.2) is 0 Å². The maximum Gasteiger partial charge on any atom is 0.423 e. The quantitative estimate of drug-likeness (QED) is 0.821. The lowest BCUT2D eigenvalue weighted by Crippen LogP contribution is -2.53. The molecular formula is C17H20ClF3N2O2. The van der Waals surface area contributed by atoms with Crippen LogP contribution in [0.5, 0.6) is 0 Å². The van der Waals surface area contributed by atoms with Crippen molar-refractivity contribution >= 4 is 23.3 Å². The van der Waals surface area contributed by atoms with Crippen LogP contribution in [0.25, 0.3) is 0 Å². The van der Waals surface area contributed by atoms with Crippen molar-refractivity contribution in [2.45, 2.75) is 38.5 Å². The maximum absolute atomic E-state index is 14.3. The van der Waals surface area contributed by atoms with Crippen molar-refractivity contribution in [2.24, 2.45) is 5.41 Å². The molecule has 0 radical (unpaired) electrons. The lowest BCUT2D eigenvalue weighted by Gasteiger charge is -2.38. The number of likely N-dealkylation sites (N-methyl/N-ethyl adjacent to an activating group) is 1. The molecule has 25 heavy (non-hydrogen) atoms. The number of halogens is 4. The topological polar surface area (TPSA) is 41.6 Å². The average Bonchev–Trinajstić information content (AvgIpc) is 3.27. The van der Waals surface area contributed by atoms with Gasteiger partial charge in [0.2, 0.25) is 5.60 Å². The van der Waals surface area contributed by atoms with Gasteiger partial charge in [0, 0.05) is 22.8 Å². The van der Waals surface area contributed by atoms with E-state index in [1.807, 2.05) is 6.92 Å². The van der Waals surface area contributed by atoms with Crippen molar-refractivity contribution in [3.63, 3.8) is 0 Å². The van der Waals surface area contributed by atoms with Gasteiger partial charge in [0.05, 0.1) is 13.2 Å². The zero-order valence-electron chi connectivity index (χ0n) is 14.0. The minimum atomic E-state index is -4.71. The van der Waals surface area contributed by atoms with Crippen molar-refractivity contribution in [2.75, 3.05) is 25.0 Å². The number of benzene rings is 1. The van der Waals surface area contributed by atoms with Gasteiger partial charge in [-0.25, -0.2) is 4.79 Å². The Morgan fingerprint density at radius 2 is 2.04 bits per heavy atom. The lowest BCUT2D eigenvalue weighted by atomic mass is 9.90. The summed E-state index contributed by atoms with van der Waals surface area (Å²) >= 11 is 5.97. The number of urea groups is 1. The predicted octanol–water partition coefficient (Wildman–Crippen LogP) is 4.78. The van der Waals surface area contributed by atoms with Crippen molar-refractivity contribution in [3.05, 3.63) is 28.8 Å². The molecule has 1 fully saturated rings. The van der Waals surface area contributed by atoms with Crippen molar-refractivity contribution in [1.82, 2.24) is 4.90 Å². The van der Waals surface area contributed by atoms with E-state index in [0.717, 1.165) is 17.7 Å². The third-order valence-corrected chi connectivity index (χ3v) is 5.20. The number of nitrogens with one attached hydrogen (secondary N) is 1. The first kappa shape index (κ1) is 18.3. The summed E-state index contributed by atoms with van der Waals surface area (Å²) in [7, 11) is 0. The summed E-state index contributed by atoms with van der Waals surface area (Å²) in [5, 5.41) is 2.70. The number of nitrogens with zero attached hydrogens (tertiary/aromatic N) is 1. The minimum Gasteiger partial charge on any atom is -0.359 e. The molecule has 1 aromatic rings. The van der Waals surface area contributed by atoms with Crippen molar-refractivity contribution < 1.29 is 22.7 Å². The Morgan fingerprint density at radius 3 is 2.60 bits per heavy atom. The summed E-state index contributed by atoms with van der Waals surface area (Å²) < 4.78 is 48.4. The van der Waals surface area contributed by atoms with E-state index in [9.17, 15) is 18.0 Å². The van der Waals surface area contributed by atoms with Gasteiger partial charge in [-0.3, -0.25) is 0 Å². The molecule has 1 saturated carbocycles. The van der Waals surface area contributed by atoms with Gasteiger partial charge in [-0.05, 0) is 43.4 Å². The number of amides is 2. The van der Waals surface area contributed by atoms with E-state index < -0.39 is 24.4 Å². The van der Waals surface area contributed by atoms with E-state index in [2.05, 4.69) is 5.32 Å². The molecule has 1 heterocycles. The number of alkyl halides is 3. The largest absolute Gasteiger partial charge is 0.423 e. The van der Waals surface area contributed by atoms with Crippen LogP contribution in [0.15, 0.2) is 18.2 Å². The van der Waals surface area contributed by atoms with Crippen LogP contribution in [0.2, 0.25) is 5.02 Å². The molecule has 1 aliphatic heterocycles. The highest BCUT2D eigenvalue weighted by Crippen LogP contribution is 2.51. The molecule has 0 spiro atoms. The first-order chi connectivity index (χ1) is 11.6. The number of carbonyl (C=O) groups is 1. The van der Waals surface area contributed by atoms with Gasteiger partial charge in [0.25, 0.3) is 0 Å². The fourth-order valence-electron chi connectivity index (χ4n) is 2.94. The number of hydrogen-bond donors (Lipinski definition) is 1. The molecule has 0 saturated heterocycles. The molecule has 8 heteroatoms. The standard InChI is InChI=1S/C17H20ClF3N2O2/c1-3-23-9-16(17(19,20)21,25-10-15(2)6-7-15)12-8-11(18)4-5-13(12)22-14(23)24/h4-5,8H,3,6-7,9-10H2,1-2H3,(H,22,24)/t16-/m1/s1. The van der Waals surface area contributed by atoms with Crippen LogP contribution in [-0.2, 0) is 10.3 Å². The smallest absolute Gasteiger partial charge is 0.359 e. The summed E-state index contributed by atoms with van der Waals surface area (Å²) in [5.41, 5.74) is -2.93. The van der Waals surface area contributed by atoms with Crippen LogP contribution in [0.4, 0.5) is 23.7 Å².